The zero-order valence-electron chi connectivity index (χ0n) is 10.6. The minimum Gasteiger partial charge on any atom is -0.469 e. The van der Waals surface area contributed by atoms with Crippen LogP contribution in [0.1, 0.15) is 41.0 Å². The number of hydrogen-bond donors (Lipinski definition) is 1. The lowest BCUT2D eigenvalue weighted by Gasteiger charge is -2.14. The van der Waals surface area contributed by atoms with E-state index < -0.39 is 0 Å². The summed E-state index contributed by atoms with van der Waals surface area (Å²) in [5.74, 6) is 1.08. The van der Waals surface area contributed by atoms with E-state index in [1.54, 1.807) is 6.26 Å². The molecule has 0 aliphatic rings. The first-order chi connectivity index (χ1) is 8.30. The van der Waals surface area contributed by atoms with Crippen LogP contribution in [0.4, 0.5) is 0 Å². The zero-order valence-corrected chi connectivity index (χ0v) is 11.4. The van der Waals surface area contributed by atoms with Crippen molar-refractivity contribution in [1.82, 2.24) is 5.32 Å². The first-order valence-corrected chi connectivity index (χ1v) is 6.93. The van der Waals surface area contributed by atoms with Gasteiger partial charge in [0.1, 0.15) is 5.76 Å². The molecule has 0 aliphatic carbocycles. The number of rotatable bonds is 5. The first kappa shape index (κ1) is 12.4. The van der Waals surface area contributed by atoms with Gasteiger partial charge in [-0.1, -0.05) is 13.8 Å². The molecule has 1 atom stereocenters. The van der Waals surface area contributed by atoms with Gasteiger partial charge in [-0.2, -0.15) is 0 Å². The highest BCUT2D eigenvalue weighted by molar-refractivity contribution is 7.12. The van der Waals surface area contributed by atoms with Gasteiger partial charge in [0, 0.05) is 21.7 Å². The highest BCUT2D eigenvalue weighted by atomic mass is 32.1. The monoisotopic (exact) mass is 249 g/mol. The maximum atomic E-state index is 5.52. The summed E-state index contributed by atoms with van der Waals surface area (Å²) < 4.78 is 5.52. The molecule has 3 heteroatoms. The van der Waals surface area contributed by atoms with Crippen LogP contribution < -0.4 is 5.32 Å². The van der Waals surface area contributed by atoms with Crippen molar-refractivity contribution in [2.24, 2.45) is 0 Å². The van der Waals surface area contributed by atoms with Gasteiger partial charge in [0.25, 0.3) is 0 Å². The lowest BCUT2D eigenvalue weighted by Crippen LogP contribution is -2.17. The molecule has 2 nitrogen and oxygen atoms in total. The van der Waals surface area contributed by atoms with E-state index in [1.165, 1.54) is 15.3 Å². The van der Waals surface area contributed by atoms with Crippen LogP contribution in [0.5, 0.6) is 0 Å². The number of furan rings is 1. The van der Waals surface area contributed by atoms with Crippen LogP contribution in [0, 0.1) is 0 Å². The van der Waals surface area contributed by atoms with Crippen LogP contribution in [-0.2, 0) is 12.8 Å². The van der Waals surface area contributed by atoms with E-state index in [-0.39, 0.29) is 6.04 Å². The standard InChI is InChI=1S/C14H19NOS/c1-4-10-6-7-13(17-10)14(15-3)11-8-9-16-12(11)5-2/h6-9,14-15H,4-5H2,1-3H3. The maximum Gasteiger partial charge on any atom is 0.108 e. The fraction of sp³-hybridized carbons (Fsp3) is 0.429. The summed E-state index contributed by atoms with van der Waals surface area (Å²) in [6.07, 6.45) is 3.83. The van der Waals surface area contributed by atoms with Gasteiger partial charge in [-0.3, -0.25) is 0 Å². The van der Waals surface area contributed by atoms with E-state index >= 15 is 0 Å². The Morgan fingerprint density at radius 2 is 2.06 bits per heavy atom. The van der Waals surface area contributed by atoms with Gasteiger partial charge in [-0.05, 0) is 31.7 Å². The molecular formula is C14H19NOS. The van der Waals surface area contributed by atoms with E-state index in [2.05, 4.69) is 37.4 Å². The fourth-order valence-corrected chi connectivity index (χ4v) is 3.17. The molecule has 0 spiro atoms. The van der Waals surface area contributed by atoms with E-state index in [9.17, 15) is 0 Å². The molecule has 1 N–H and O–H groups in total. The number of hydrogen-bond acceptors (Lipinski definition) is 3. The van der Waals surface area contributed by atoms with E-state index in [1.807, 2.05) is 18.4 Å². The van der Waals surface area contributed by atoms with Crippen LogP contribution in [0.3, 0.4) is 0 Å². The van der Waals surface area contributed by atoms with Crippen molar-refractivity contribution in [2.75, 3.05) is 7.05 Å². The highest BCUT2D eigenvalue weighted by Gasteiger charge is 2.18. The minimum absolute atomic E-state index is 0.258. The second kappa shape index (κ2) is 5.52. The zero-order chi connectivity index (χ0) is 12.3. The second-order valence-corrected chi connectivity index (χ2v) is 5.23. The molecule has 0 amide bonds. The molecule has 0 saturated heterocycles. The van der Waals surface area contributed by atoms with Crippen molar-refractivity contribution < 1.29 is 4.42 Å². The summed E-state index contributed by atoms with van der Waals surface area (Å²) in [7, 11) is 2.00. The summed E-state index contributed by atoms with van der Waals surface area (Å²) in [5, 5.41) is 3.38. The average molecular weight is 249 g/mol. The summed E-state index contributed by atoms with van der Waals surface area (Å²) in [4.78, 5) is 2.79. The van der Waals surface area contributed by atoms with Crippen molar-refractivity contribution >= 4 is 11.3 Å². The molecule has 92 valence electrons. The van der Waals surface area contributed by atoms with Crippen molar-refractivity contribution in [3.05, 3.63) is 45.5 Å². The third-order valence-corrected chi connectivity index (χ3v) is 4.31. The maximum absolute atomic E-state index is 5.52. The molecule has 0 fully saturated rings. The van der Waals surface area contributed by atoms with E-state index in [0.29, 0.717) is 0 Å². The van der Waals surface area contributed by atoms with Gasteiger partial charge in [0.2, 0.25) is 0 Å². The molecule has 1 unspecified atom stereocenters. The summed E-state index contributed by atoms with van der Waals surface area (Å²) >= 11 is 1.88. The Hall–Kier alpha value is -1.06. The first-order valence-electron chi connectivity index (χ1n) is 6.12. The quantitative estimate of drug-likeness (QED) is 0.872. The Kier molecular flexibility index (Phi) is 4.02. The fourth-order valence-electron chi connectivity index (χ4n) is 2.09. The third-order valence-electron chi connectivity index (χ3n) is 3.02. The van der Waals surface area contributed by atoms with Crippen LogP contribution in [0.25, 0.3) is 0 Å². The normalized spacial score (nSPS) is 12.9. The van der Waals surface area contributed by atoms with E-state index in [4.69, 9.17) is 4.42 Å². The van der Waals surface area contributed by atoms with Gasteiger partial charge in [0.05, 0.1) is 12.3 Å². The highest BCUT2D eigenvalue weighted by Crippen LogP contribution is 2.31. The Morgan fingerprint density at radius 3 is 2.65 bits per heavy atom. The summed E-state index contributed by atoms with van der Waals surface area (Å²) in [6.45, 7) is 4.32. The van der Waals surface area contributed by atoms with Crippen molar-refractivity contribution in [3.63, 3.8) is 0 Å². The van der Waals surface area contributed by atoms with Crippen LogP contribution in [-0.4, -0.2) is 7.05 Å². The smallest absolute Gasteiger partial charge is 0.108 e. The summed E-state index contributed by atoms with van der Waals surface area (Å²) in [5.41, 5.74) is 1.26. The average Bonchev–Trinajstić information content (AvgIpc) is 2.99. The molecule has 17 heavy (non-hydrogen) atoms. The van der Waals surface area contributed by atoms with Gasteiger partial charge in [-0.25, -0.2) is 0 Å². The molecule has 2 rings (SSSR count). The Bertz CT molecular complexity index is 472. The van der Waals surface area contributed by atoms with Gasteiger partial charge in [0.15, 0.2) is 0 Å². The molecule has 2 aromatic heterocycles. The molecular weight excluding hydrogens is 230 g/mol. The molecule has 2 aromatic rings. The lowest BCUT2D eigenvalue weighted by atomic mass is 10.1. The topological polar surface area (TPSA) is 25.2 Å². The van der Waals surface area contributed by atoms with Gasteiger partial charge < -0.3 is 9.73 Å². The van der Waals surface area contributed by atoms with Gasteiger partial charge >= 0.3 is 0 Å². The van der Waals surface area contributed by atoms with Crippen LogP contribution >= 0.6 is 11.3 Å². The Labute approximate surface area is 107 Å². The van der Waals surface area contributed by atoms with Crippen LogP contribution in [0.15, 0.2) is 28.9 Å². The lowest BCUT2D eigenvalue weighted by molar-refractivity contribution is 0.505. The second-order valence-electron chi connectivity index (χ2n) is 4.03. The number of thiophene rings is 1. The van der Waals surface area contributed by atoms with Crippen molar-refractivity contribution in [1.29, 1.82) is 0 Å². The Balaban J connectivity index is 2.33. The molecule has 0 aliphatic heterocycles. The van der Waals surface area contributed by atoms with Crippen molar-refractivity contribution in [3.8, 4) is 0 Å². The molecule has 0 saturated carbocycles. The largest absolute Gasteiger partial charge is 0.469 e. The van der Waals surface area contributed by atoms with Crippen molar-refractivity contribution in [2.45, 2.75) is 32.7 Å². The predicted octanol–water partition coefficient (Wildman–Crippen LogP) is 3.77. The van der Waals surface area contributed by atoms with Crippen LogP contribution in [0.2, 0.25) is 0 Å². The molecule has 0 radical (unpaired) electrons. The SMILES string of the molecule is CCc1ccc(C(NC)c2ccoc2CC)s1. The third kappa shape index (κ3) is 2.45. The Morgan fingerprint density at radius 1 is 1.24 bits per heavy atom. The molecule has 0 aromatic carbocycles. The molecule has 2 heterocycles. The van der Waals surface area contributed by atoms with Gasteiger partial charge in [-0.15, -0.1) is 11.3 Å². The number of nitrogens with one attached hydrogen (secondary N) is 1. The predicted molar refractivity (Wildman–Crippen MR) is 72.7 cm³/mol. The number of aryl methyl sites for hydroxylation is 2. The minimum atomic E-state index is 0.258. The summed E-state index contributed by atoms with van der Waals surface area (Å²) in [6, 6.07) is 6.77. The molecule has 0 bridgehead atoms. The van der Waals surface area contributed by atoms with E-state index in [0.717, 1.165) is 18.6 Å².